The number of hydrogen-bond acceptors (Lipinski definition) is 3. The van der Waals surface area contributed by atoms with E-state index in [0.29, 0.717) is 11.1 Å². The molecule has 100 valence electrons. The lowest BCUT2D eigenvalue weighted by molar-refractivity contribution is 0.483. The fourth-order valence-corrected chi connectivity index (χ4v) is 2.85. The monoisotopic (exact) mass is 272 g/mol. The van der Waals surface area contributed by atoms with E-state index in [1.807, 2.05) is 0 Å². The normalized spacial score (nSPS) is 11.8. The number of sulfonamides is 1. The summed E-state index contributed by atoms with van der Waals surface area (Å²) in [5.74, 6) is -0.777. The first-order valence-corrected chi connectivity index (χ1v) is 6.82. The molecule has 0 unspecified atom stereocenters. The molecule has 0 aromatic heterocycles. The maximum absolute atomic E-state index is 13.6. The zero-order chi connectivity index (χ0) is 13.9. The van der Waals surface area contributed by atoms with Crippen molar-refractivity contribution < 1.29 is 12.8 Å². The Morgan fingerprint density at radius 1 is 1.50 bits per heavy atom. The van der Waals surface area contributed by atoms with E-state index in [1.54, 1.807) is 6.92 Å². The predicted molar refractivity (Wildman–Crippen MR) is 68.9 cm³/mol. The van der Waals surface area contributed by atoms with Gasteiger partial charge in [0.1, 0.15) is 10.7 Å². The quantitative estimate of drug-likeness (QED) is 0.826. The van der Waals surface area contributed by atoms with Crippen molar-refractivity contribution in [3.8, 4) is 0 Å². The minimum atomic E-state index is -3.86. The molecule has 1 aromatic rings. The zero-order valence-corrected chi connectivity index (χ0v) is 11.3. The van der Waals surface area contributed by atoms with Crippen LogP contribution in [0.25, 0.3) is 0 Å². The van der Waals surface area contributed by atoms with Crippen LogP contribution in [0.5, 0.6) is 0 Å². The molecular formula is C12H17FN2O2S. The maximum atomic E-state index is 13.6. The molecule has 0 fully saturated rings. The van der Waals surface area contributed by atoms with Crippen LogP contribution in [-0.4, -0.2) is 26.3 Å². The van der Waals surface area contributed by atoms with Crippen molar-refractivity contribution in [3.05, 3.63) is 41.7 Å². The SMILES string of the molecule is C=C(C)CN(C)S(=O)(=O)c1cc(CN)ccc1F. The van der Waals surface area contributed by atoms with Crippen LogP contribution >= 0.6 is 0 Å². The number of rotatable bonds is 5. The van der Waals surface area contributed by atoms with Crippen LogP contribution in [-0.2, 0) is 16.6 Å². The molecule has 4 nitrogen and oxygen atoms in total. The van der Waals surface area contributed by atoms with E-state index in [2.05, 4.69) is 6.58 Å². The molecule has 1 rings (SSSR count). The second-order valence-corrected chi connectivity index (χ2v) is 6.20. The van der Waals surface area contributed by atoms with Gasteiger partial charge in [0, 0.05) is 20.1 Å². The van der Waals surface area contributed by atoms with E-state index in [9.17, 15) is 12.8 Å². The fourth-order valence-electron chi connectivity index (χ4n) is 1.51. The Morgan fingerprint density at radius 2 is 2.11 bits per heavy atom. The highest BCUT2D eigenvalue weighted by Gasteiger charge is 2.24. The molecule has 0 aliphatic heterocycles. The summed E-state index contributed by atoms with van der Waals surface area (Å²) in [5.41, 5.74) is 6.67. The molecule has 0 aliphatic carbocycles. The smallest absolute Gasteiger partial charge is 0.246 e. The summed E-state index contributed by atoms with van der Waals surface area (Å²) in [7, 11) is -2.47. The standard InChI is InChI=1S/C12H17FN2O2S/c1-9(2)8-15(3)18(16,17)12-6-10(7-14)4-5-11(12)13/h4-6H,1,7-8,14H2,2-3H3. The topological polar surface area (TPSA) is 63.4 Å². The summed E-state index contributed by atoms with van der Waals surface area (Å²) in [5, 5.41) is 0. The zero-order valence-electron chi connectivity index (χ0n) is 10.5. The lowest BCUT2D eigenvalue weighted by Gasteiger charge is -2.18. The maximum Gasteiger partial charge on any atom is 0.246 e. The van der Waals surface area contributed by atoms with Gasteiger partial charge in [-0.3, -0.25) is 0 Å². The largest absolute Gasteiger partial charge is 0.326 e. The summed E-state index contributed by atoms with van der Waals surface area (Å²) >= 11 is 0. The minimum absolute atomic E-state index is 0.147. The van der Waals surface area contributed by atoms with Crippen LogP contribution in [0.1, 0.15) is 12.5 Å². The van der Waals surface area contributed by atoms with Gasteiger partial charge in [-0.1, -0.05) is 18.2 Å². The molecule has 0 atom stereocenters. The number of halogens is 1. The van der Waals surface area contributed by atoms with E-state index in [0.717, 1.165) is 10.4 Å². The number of likely N-dealkylation sites (N-methyl/N-ethyl adjacent to an activating group) is 1. The molecular weight excluding hydrogens is 255 g/mol. The second-order valence-electron chi connectivity index (χ2n) is 4.19. The highest BCUT2D eigenvalue weighted by atomic mass is 32.2. The molecule has 2 N–H and O–H groups in total. The van der Waals surface area contributed by atoms with Crippen molar-refractivity contribution in [2.24, 2.45) is 5.73 Å². The third-order valence-corrected chi connectivity index (χ3v) is 4.23. The number of hydrogen-bond donors (Lipinski definition) is 1. The lowest BCUT2D eigenvalue weighted by Crippen LogP contribution is -2.29. The molecule has 6 heteroatoms. The summed E-state index contributed by atoms with van der Waals surface area (Å²) in [4.78, 5) is -0.353. The van der Waals surface area contributed by atoms with Crippen LogP contribution in [0.2, 0.25) is 0 Å². The van der Waals surface area contributed by atoms with Crippen LogP contribution < -0.4 is 5.73 Å². The van der Waals surface area contributed by atoms with Gasteiger partial charge in [-0.25, -0.2) is 12.8 Å². The van der Waals surface area contributed by atoms with Gasteiger partial charge in [0.05, 0.1) is 0 Å². The lowest BCUT2D eigenvalue weighted by atomic mass is 10.2. The van der Waals surface area contributed by atoms with Crippen LogP contribution in [0.3, 0.4) is 0 Å². The first kappa shape index (κ1) is 14.8. The van der Waals surface area contributed by atoms with Crippen molar-refractivity contribution in [1.82, 2.24) is 4.31 Å². The Hall–Kier alpha value is -1.24. The Labute approximate surface area is 107 Å². The van der Waals surface area contributed by atoms with E-state index in [1.165, 1.54) is 19.2 Å². The van der Waals surface area contributed by atoms with Gasteiger partial charge in [0.15, 0.2) is 0 Å². The molecule has 0 saturated heterocycles. The van der Waals surface area contributed by atoms with Crippen LogP contribution in [0.15, 0.2) is 35.2 Å². The Balaban J connectivity index is 3.23. The Bertz CT molecular complexity index is 555. The van der Waals surface area contributed by atoms with Crippen molar-refractivity contribution in [2.45, 2.75) is 18.4 Å². The number of nitrogens with zero attached hydrogens (tertiary/aromatic N) is 1. The van der Waals surface area contributed by atoms with Gasteiger partial charge < -0.3 is 5.73 Å². The fraction of sp³-hybridized carbons (Fsp3) is 0.333. The van der Waals surface area contributed by atoms with Gasteiger partial charge in [-0.2, -0.15) is 4.31 Å². The third-order valence-electron chi connectivity index (χ3n) is 2.41. The number of nitrogens with two attached hydrogens (primary N) is 1. The van der Waals surface area contributed by atoms with Crippen molar-refractivity contribution in [3.63, 3.8) is 0 Å². The second kappa shape index (κ2) is 5.60. The van der Waals surface area contributed by atoms with Crippen LogP contribution in [0, 0.1) is 5.82 Å². The molecule has 0 amide bonds. The molecule has 1 aromatic carbocycles. The van der Waals surface area contributed by atoms with Gasteiger partial charge in [-0.15, -0.1) is 0 Å². The third kappa shape index (κ3) is 3.16. The summed E-state index contributed by atoms with van der Waals surface area (Å²) in [6.07, 6.45) is 0. The average Bonchev–Trinajstić information content (AvgIpc) is 2.28. The predicted octanol–water partition coefficient (Wildman–Crippen LogP) is 1.48. The first-order chi connectivity index (χ1) is 8.28. The van der Waals surface area contributed by atoms with E-state index in [4.69, 9.17) is 5.73 Å². The van der Waals surface area contributed by atoms with E-state index < -0.39 is 15.8 Å². The summed E-state index contributed by atoms with van der Waals surface area (Å²) in [6, 6.07) is 3.84. The highest BCUT2D eigenvalue weighted by molar-refractivity contribution is 7.89. The van der Waals surface area contributed by atoms with Crippen molar-refractivity contribution >= 4 is 10.0 Å². The van der Waals surface area contributed by atoms with E-state index in [-0.39, 0.29) is 18.0 Å². The van der Waals surface area contributed by atoms with Gasteiger partial charge in [0.25, 0.3) is 0 Å². The molecule has 0 saturated carbocycles. The van der Waals surface area contributed by atoms with Crippen molar-refractivity contribution in [2.75, 3.05) is 13.6 Å². The van der Waals surface area contributed by atoms with Crippen LogP contribution in [0.4, 0.5) is 4.39 Å². The highest BCUT2D eigenvalue weighted by Crippen LogP contribution is 2.20. The first-order valence-electron chi connectivity index (χ1n) is 5.38. The molecule has 0 heterocycles. The summed E-state index contributed by atoms with van der Waals surface area (Å²) < 4.78 is 39.0. The Kier molecular flexibility index (Phi) is 4.61. The average molecular weight is 272 g/mol. The van der Waals surface area contributed by atoms with E-state index >= 15 is 0 Å². The van der Waals surface area contributed by atoms with Gasteiger partial charge >= 0.3 is 0 Å². The molecule has 18 heavy (non-hydrogen) atoms. The number of benzene rings is 1. The van der Waals surface area contributed by atoms with Gasteiger partial charge in [-0.05, 0) is 24.6 Å². The van der Waals surface area contributed by atoms with Gasteiger partial charge in [0.2, 0.25) is 10.0 Å². The minimum Gasteiger partial charge on any atom is -0.326 e. The summed E-state index contributed by atoms with van der Waals surface area (Å²) in [6.45, 7) is 5.65. The van der Waals surface area contributed by atoms with Crippen molar-refractivity contribution in [1.29, 1.82) is 0 Å². The molecule has 0 aliphatic rings. The molecule has 0 spiro atoms. The Morgan fingerprint density at radius 3 is 2.61 bits per heavy atom. The molecule has 0 radical (unpaired) electrons. The molecule has 0 bridgehead atoms.